The highest BCUT2D eigenvalue weighted by Gasteiger charge is 2.12. The van der Waals surface area contributed by atoms with Gasteiger partial charge in [-0.2, -0.15) is 8.78 Å². The second kappa shape index (κ2) is 9.16. The maximum absolute atomic E-state index is 12.5. The molecular weight excluding hydrogens is 398 g/mol. The minimum absolute atomic E-state index is 0.0323. The molecule has 0 aliphatic heterocycles. The van der Waals surface area contributed by atoms with Crippen LogP contribution in [-0.4, -0.2) is 16.6 Å². The van der Waals surface area contributed by atoms with Crippen LogP contribution in [0.15, 0.2) is 73.5 Å². The first-order valence-corrected chi connectivity index (χ1v) is 8.88. The van der Waals surface area contributed by atoms with E-state index in [9.17, 15) is 8.78 Å². The molecule has 0 bridgehead atoms. The van der Waals surface area contributed by atoms with Gasteiger partial charge in [-0.3, -0.25) is 0 Å². The van der Waals surface area contributed by atoms with Gasteiger partial charge in [0, 0.05) is 27.7 Å². The Bertz CT molecular complexity index is 1100. The fourth-order valence-electron chi connectivity index (χ4n) is 2.65. The van der Waals surface area contributed by atoms with Crippen molar-refractivity contribution < 1.29 is 13.5 Å². The number of fused-ring (bicyclic) bond motifs is 1. The lowest BCUT2D eigenvalue weighted by molar-refractivity contribution is -0.0498. The number of hydrogen-bond acceptors (Lipinski definition) is 5. The first kappa shape index (κ1) is 20.3. The van der Waals surface area contributed by atoms with Gasteiger partial charge in [-0.15, -0.1) is 0 Å². The fourth-order valence-corrected chi connectivity index (χ4v) is 2.82. The van der Waals surface area contributed by atoms with Crippen molar-refractivity contribution in [1.82, 2.24) is 9.97 Å². The second-order valence-corrected chi connectivity index (χ2v) is 6.24. The summed E-state index contributed by atoms with van der Waals surface area (Å²) in [7, 11) is 0. The van der Waals surface area contributed by atoms with Crippen molar-refractivity contribution in [2.75, 3.05) is 5.32 Å². The molecule has 0 spiro atoms. The monoisotopic (exact) mass is 414 g/mol. The molecule has 3 rings (SSSR count). The summed E-state index contributed by atoms with van der Waals surface area (Å²) in [5.74, 6) is 0.894. The summed E-state index contributed by atoms with van der Waals surface area (Å²) in [5.41, 5.74) is 7.29. The van der Waals surface area contributed by atoms with Gasteiger partial charge in [0.25, 0.3) is 0 Å². The summed E-state index contributed by atoms with van der Waals surface area (Å²) in [5, 5.41) is 4.35. The SMILES string of the molecule is C=C/C=C(\C=C/N)c1nc(Nc2cccc(OC(F)F)c2)c2ccc(Cl)cc2n1. The molecule has 29 heavy (non-hydrogen) atoms. The third-order valence-corrected chi connectivity index (χ3v) is 4.05. The number of hydrogen-bond donors (Lipinski definition) is 2. The summed E-state index contributed by atoms with van der Waals surface area (Å²) in [6.07, 6.45) is 6.34. The maximum Gasteiger partial charge on any atom is 0.387 e. The van der Waals surface area contributed by atoms with E-state index >= 15 is 0 Å². The van der Waals surface area contributed by atoms with Crippen LogP contribution in [0.4, 0.5) is 20.3 Å². The number of halogens is 3. The first-order chi connectivity index (χ1) is 14.0. The molecule has 0 radical (unpaired) electrons. The molecule has 1 aromatic heterocycles. The van der Waals surface area contributed by atoms with Gasteiger partial charge in [-0.05, 0) is 42.6 Å². The van der Waals surface area contributed by atoms with Gasteiger partial charge in [-0.25, -0.2) is 9.97 Å². The van der Waals surface area contributed by atoms with Gasteiger partial charge in [0.05, 0.1) is 5.52 Å². The topological polar surface area (TPSA) is 73.1 Å². The maximum atomic E-state index is 12.5. The van der Waals surface area contributed by atoms with E-state index in [0.717, 1.165) is 0 Å². The second-order valence-electron chi connectivity index (χ2n) is 5.81. The van der Waals surface area contributed by atoms with Crippen LogP contribution in [-0.2, 0) is 0 Å². The summed E-state index contributed by atoms with van der Waals surface area (Å²) in [6.45, 7) is 0.781. The predicted molar refractivity (Wildman–Crippen MR) is 112 cm³/mol. The number of nitrogens with one attached hydrogen (secondary N) is 1. The van der Waals surface area contributed by atoms with Crippen molar-refractivity contribution in [1.29, 1.82) is 0 Å². The lowest BCUT2D eigenvalue weighted by atomic mass is 10.1. The Morgan fingerprint density at radius 1 is 1.21 bits per heavy atom. The highest BCUT2D eigenvalue weighted by Crippen LogP contribution is 2.29. The van der Waals surface area contributed by atoms with Crippen LogP contribution in [0.2, 0.25) is 5.02 Å². The normalized spacial score (nSPS) is 11.9. The number of rotatable bonds is 7. The van der Waals surface area contributed by atoms with Gasteiger partial charge in [0.2, 0.25) is 0 Å². The van der Waals surface area contributed by atoms with E-state index in [0.29, 0.717) is 38.8 Å². The minimum Gasteiger partial charge on any atom is -0.435 e. The number of aromatic nitrogens is 2. The van der Waals surface area contributed by atoms with Gasteiger partial charge in [0.15, 0.2) is 5.82 Å². The van der Waals surface area contributed by atoms with Crippen molar-refractivity contribution in [3.8, 4) is 5.75 Å². The highest BCUT2D eigenvalue weighted by atomic mass is 35.5. The van der Waals surface area contributed by atoms with Crippen LogP contribution in [0.3, 0.4) is 0 Å². The molecule has 1 heterocycles. The van der Waals surface area contributed by atoms with Crippen molar-refractivity contribution in [3.63, 3.8) is 0 Å². The van der Waals surface area contributed by atoms with Crippen LogP contribution >= 0.6 is 11.6 Å². The van der Waals surface area contributed by atoms with Crippen LogP contribution in [0.5, 0.6) is 5.75 Å². The van der Waals surface area contributed by atoms with Crippen molar-refractivity contribution >= 4 is 39.6 Å². The van der Waals surface area contributed by atoms with Gasteiger partial charge >= 0.3 is 6.61 Å². The average Bonchev–Trinajstić information content (AvgIpc) is 2.67. The summed E-state index contributed by atoms with van der Waals surface area (Å²) >= 11 is 6.12. The third-order valence-electron chi connectivity index (χ3n) is 3.81. The Balaban J connectivity index is 2.11. The lowest BCUT2D eigenvalue weighted by Crippen LogP contribution is -2.03. The standard InChI is InChI=1S/C21H17ClF2N4O/c1-2-4-13(9-10-25)19-27-18-11-14(22)7-8-17(18)20(28-19)26-15-5-3-6-16(12-15)29-21(23)24/h2-12,21H,1,25H2,(H,26,27,28)/b10-9-,13-4+. The number of allylic oxidation sites excluding steroid dienone is 4. The zero-order chi connectivity index (χ0) is 20.8. The Hall–Kier alpha value is -3.45. The first-order valence-electron chi connectivity index (χ1n) is 8.50. The van der Waals surface area contributed by atoms with E-state index in [-0.39, 0.29) is 5.75 Å². The van der Waals surface area contributed by atoms with Crippen LogP contribution in [0, 0.1) is 0 Å². The quantitative estimate of drug-likeness (QED) is 0.487. The van der Waals surface area contributed by atoms with Crippen LogP contribution in [0.1, 0.15) is 5.82 Å². The molecule has 0 aliphatic rings. The molecule has 0 unspecified atom stereocenters. The molecule has 5 nitrogen and oxygen atoms in total. The molecule has 148 valence electrons. The number of ether oxygens (including phenoxy) is 1. The Kier molecular flexibility index (Phi) is 6.41. The van der Waals surface area contributed by atoms with Gasteiger partial charge < -0.3 is 15.8 Å². The largest absolute Gasteiger partial charge is 0.435 e. The smallest absolute Gasteiger partial charge is 0.387 e. The van der Waals surface area contributed by atoms with Crippen molar-refractivity contribution in [2.24, 2.45) is 5.73 Å². The molecule has 0 saturated heterocycles. The molecule has 0 saturated carbocycles. The van der Waals surface area contributed by atoms with Crippen molar-refractivity contribution in [3.05, 3.63) is 84.3 Å². The van der Waals surface area contributed by atoms with E-state index in [1.54, 1.807) is 48.6 Å². The van der Waals surface area contributed by atoms with Crippen LogP contribution < -0.4 is 15.8 Å². The van der Waals surface area contributed by atoms with E-state index in [2.05, 4.69) is 26.6 Å². The van der Waals surface area contributed by atoms with E-state index in [4.69, 9.17) is 17.3 Å². The zero-order valence-electron chi connectivity index (χ0n) is 15.1. The third kappa shape index (κ3) is 5.08. The molecule has 0 atom stereocenters. The fraction of sp³-hybridized carbons (Fsp3) is 0.0476. The van der Waals surface area contributed by atoms with Gasteiger partial charge in [-0.1, -0.05) is 36.4 Å². The molecule has 0 fully saturated rings. The molecule has 3 N–H and O–H groups in total. The Morgan fingerprint density at radius 3 is 2.76 bits per heavy atom. The zero-order valence-corrected chi connectivity index (χ0v) is 15.9. The van der Waals surface area contributed by atoms with E-state index in [1.165, 1.54) is 18.3 Å². The Labute approximate surface area is 171 Å². The minimum atomic E-state index is -2.91. The molecule has 0 aliphatic carbocycles. The number of benzene rings is 2. The highest BCUT2D eigenvalue weighted by molar-refractivity contribution is 6.31. The number of nitrogens with two attached hydrogens (primary N) is 1. The summed E-state index contributed by atoms with van der Waals surface area (Å²) < 4.78 is 29.5. The molecule has 0 amide bonds. The summed E-state index contributed by atoms with van der Waals surface area (Å²) in [6, 6.07) is 11.4. The van der Waals surface area contributed by atoms with Gasteiger partial charge in [0.1, 0.15) is 11.6 Å². The number of anilines is 2. The van der Waals surface area contributed by atoms with Crippen molar-refractivity contribution in [2.45, 2.75) is 6.61 Å². The average molecular weight is 415 g/mol. The molecule has 8 heteroatoms. The molecular formula is C21H17ClF2N4O. The van der Waals surface area contributed by atoms with E-state index < -0.39 is 6.61 Å². The molecule has 3 aromatic rings. The number of alkyl halides is 2. The number of nitrogens with zero attached hydrogens (tertiary/aromatic N) is 2. The van der Waals surface area contributed by atoms with Crippen LogP contribution in [0.25, 0.3) is 16.5 Å². The summed E-state index contributed by atoms with van der Waals surface area (Å²) in [4.78, 5) is 9.13. The predicted octanol–water partition coefficient (Wildman–Crippen LogP) is 5.67. The Morgan fingerprint density at radius 2 is 2.03 bits per heavy atom. The molecule has 2 aromatic carbocycles. The van der Waals surface area contributed by atoms with E-state index in [1.807, 2.05) is 0 Å². The lowest BCUT2D eigenvalue weighted by Gasteiger charge is -2.13.